The van der Waals surface area contributed by atoms with Gasteiger partial charge in [0.15, 0.2) is 0 Å². The molecule has 1 aliphatic rings. The summed E-state index contributed by atoms with van der Waals surface area (Å²) in [5.41, 5.74) is 0. The van der Waals surface area contributed by atoms with Crippen molar-refractivity contribution in [3.8, 4) is 0 Å². The van der Waals surface area contributed by atoms with Crippen LogP contribution in [-0.4, -0.2) is 49.1 Å². The SMILES string of the molecule is O=C(NCCBr)N1CCOCC1. The Morgan fingerprint density at radius 2 is 2.17 bits per heavy atom. The van der Waals surface area contributed by atoms with E-state index in [2.05, 4.69) is 21.2 Å². The van der Waals surface area contributed by atoms with Crippen LogP contribution >= 0.6 is 15.9 Å². The Labute approximate surface area is 80.4 Å². The van der Waals surface area contributed by atoms with Crippen molar-refractivity contribution in [2.75, 3.05) is 38.2 Å². The lowest BCUT2D eigenvalue weighted by atomic mass is 10.4. The molecule has 0 bridgehead atoms. The van der Waals surface area contributed by atoms with Gasteiger partial charge in [0.2, 0.25) is 0 Å². The minimum atomic E-state index is 0.0118. The zero-order valence-corrected chi connectivity index (χ0v) is 8.47. The van der Waals surface area contributed by atoms with Gasteiger partial charge in [-0.1, -0.05) is 15.9 Å². The van der Waals surface area contributed by atoms with E-state index in [0.29, 0.717) is 32.8 Å². The van der Waals surface area contributed by atoms with Gasteiger partial charge in [-0.05, 0) is 0 Å². The van der Waals surface area contributed by atoms with Gasteiger partial charge in [-0.3, -0.25) is 0 Å². The van der Waals surface area contributed by atoms with Gasteiger partial charge in [0.05, 0.1) is 13.2 Å². The third-order valence-electron chi connectivity index (χ3n) is 1.67. The first-order chi connectivity index (χ1) is 5.84. The van der Waals surface area contributed by atoms with Crippen LogP contribution < -0.4 is 5.32 Å². The summed E-state index contributed by atoms with van der Waals surface area (Å²) < 4.78 is 5.12. The van der Waals surface area contributed by atoms with Crippen molar-refractivity contribution >= 4 is 22.0 Å². The largest absolute Gasteiger partial charge is 0.378 e. The van der Waals surface area contributed by atoms with E-state index in [1.165, 1.54) is 0 Å². The third-order valence-corrected chi connectivity index (χ3v) is 2.07. The Morgan fingerprint density at radius 1 is 1.50 bits per heavy atom. The maximum atomic E-state index is 11.3. The number of alkyl halides is 1. The van der Waals surface area contributed by atoms with E-state index in [4.69, 9.17) is 4.74 Å². The summed E-state index contributed by atoms with van der Waals surface area (Å²) in [5.74, 6) is 0. The van der Waals surface area contributed by atoms with Gasteiger partial charge in [-0.25, -0.2) is 4.79 Å². The molecular weight excluding hydrogens is 224 g/mol. The molecule has 0 aromatic rings. The molecule has 2 amide bonds. The molecule has 0 aromatic carbocycles. The van der Waals surface area contributed by atoms with E-state index < -0.39 is 0 Å². The maximum absolute atomic E-state index is 11.3. The molecule has 0 saturated carbocycles. The van der Waals surface area contributed by atoms with Crippen LogP contribution in [0.1, 0.15) is 0 Å². The number of urea groups is 1. The summed E-state index contributed by atoms with van der Waals surface area (Å²) in [4.78, 5) is 13.1. The topological polar surface area (TPSA) is 41.6 Å². The second-order valence-electron chi connectivity index (χ2n) is 2.52. The predicted octanol–water partition coefficient (Wildman–Crippen LogP) is 0.423. The van der Waals surface area contributed by atoms with E-state index in [-0.39, 0.29) is 6.03 Å². The molecule has 1 saturated heterocycles. The first-order valence-corrected chi connectivity index (χ1v) is 5.13. The summed E-state index contributed by atoms with van der Waals surface area (Å²) in [7, 11) is 0. The number of hydrogen-bond donors (Lipinski definition) is 1. The Morgan fingerprint density at radius 3 is 2.75 bits per heavy atom. The van der Waals surface area contributed by atoms with Crippen molar-refractivity contribution in [2.24, 2.45) is 0 Å². The fourth-order valence-corrected chi connectivity index (χ4v) is 1.23. The normalized spacial score (nSPS) is 17.6. The minimum Gasteiger partial charge on any atom is -0.378 e. The van der Waals surface area contributed by atoms with Gasteiger partial charge in [-0.2, -0.15) is 0 Å². The average Bonchev–Trinajstić information content (AvgIpc) is 2.15. The van der Waals surface area contributed by atoms with E-state index in [0.717, 1.165) is 5.33 Å². The average molecular weight is 237 g/mol. The third kappa shape index (κ3) is 2.98. The molecule has 70 valence electrons. The van der Waals surface area contributed by atoms with Crippen molar-refractivity contribution in [1.82, 2.24) is 10.2 Å². The molecule has 1 N–H and O–H groups in total. The van der Waals surface area contributed by atoms with Crippen LogP contribution in [0.5, 0.6) is 0 Å². The summed E-state index contributed by atoms with van der Waals surface area (Å²) in [6, 6.07) is 0.0118. The first-order valence-electron chi connectivity index (χ1n) is 4.01. The number of ether oxygens (including phenoxy) is 1. The van der Waals surface area contributed by atoms with Crippen molar-refractivity contribution in [1.29, 1.82) is 0 Å². The van der Waals surface area contributed by atoms with Crippen molar-refractivity contribution in [2.45, 2.75) is 0 Å². The number of morpholine rings is 1. The lowest BCUT2D eigenvalue weighted by Crippen LogP contribution is -2.46. The van der Waals surface area contributed by atoms with E-state index in [9.17, 15) is 4.79 Å². The first kappa shape index (κ1) is 9.80. The number of hydrogen-bond acceptors (Lipinski definition) is 2. The summed E-state index contributed by atoms with van der Waals surface area (Å²) in [6.45, 7) is 3.39. The molecule has 5 heteroatoms. The highest BCUT2D eigenvalue weighted by Crippen LogP contribution is 1.96. The summed E-state index contributed by atoms with van der Waals surface area (Å²) >= 11 is 3.24. The van der Waals surface area contributed by atoms with Gasteiger partial charge in [0.1, 0.15) is 0 Å². The van der Waals surface area contributed by atoms with Crippen molar-refractivity contribution < 1.29 is 9.53 Å². The quantitative estimate of drug-likeness (QED) is 0.707. The molecule has 1 rings (SSSR count). The molecule has 0 aliphatic carbocycles. The molecule has 1 heterocycles. The number of nitrogens with one attached hydrogen (secondary N) is 1. The van der Waals surface area contributed by atoms with Crippen molar-refractivity contribution in [3.63, 3.8) is 0 Å². The number of carbonyl (C=O) groups excluding carboxylic acids is 1. The Balaban J connectivity index is 2.20. The highest BCUT2D eigenvalue weighted by atomic mass is 79.9. The molecule has 0 unspecified atom stereocenters. The monoisotopic (exact) mass is 236 g/mol. The van der Waals surface area contributed by atoms with Gasteiger partial charge in [-0.15, -0.1) is 0 Å². The molecular formula is C7H13BrN2O2. The molecule has 4 nitrogen and oxygen atoms in total. The van der Waals surface area contributed by atoms with Crippen LogP contribution in [0.15, 0.2) is 0 Å². The van der Waals surface area contributed by atoms with E-state index in [1.807, 2.05) is 0 Å². The van der Waals surface area contributed by atoms with E-state index >= 15 is 0 Å². The fourth-order valence-electron chi connectivity index (χ4n) is 1.03. The highest BCUT2D eigenvalue weighted by molar-refractivity contribution is 9.09. The van der Waals surface area contributed by atoms with Gasteiger partial charge >= 0.3 is 6.03 Å². The maximum Gasteiger partial charge on any atom is 0.317 e. The number of halogens is 1. The molecule has 0 atom stereocenters. The fraction of sp³-hybridized carbons (Fsp3) is 0.857. The summed E-state index contributed by atoms with van der Waals surface area (Å²) in [6.07, 6.45) is 0. The molecule has 0 radical (unpaired) electrons. The van der Waals surface area contributed by atoms with Crippen LogP contribution in [-0.2, 0) is 4.74 Å². The van der Waals surface area contributed by atoms with Crippen molar-refractivity contribution in [3.05, 3.63) is 0 Å². The van der Waals surface area contributed by atoms with Crippen LogP contribution in [0.3, 0.4) is 0 Å². The van der Waals surface area contributed by atoms with Crippen LogP contribution in [0.2, 0.25) is 0 Å². The molecule has 0 aromatic heterocycles. The minimum absolute atomic E-state index is 0.0118. The Bertz CT molecular complexity index is 148. The predicted molar refractivity (Wildman–Crippen MR) is 49.6 cm³/mol. The zero-order valence-electron chi connectivity index (χ0n) is 6.88. The lowest BCUT2D eigenvalue weighted by molar-refractivity contribution is 0.0534. The molecule has 12 heavy (non-hydrogen) atoms. The van der Waals surface area contributed by atoms with Crippen LogP contribution in [0.4, 0.5) is 4.79 Å². The Hall–Kier alpha value is -0.290. The van der Waals surface area contributed by atoms with Gasteiger partial charge in [0.25, 0.3) is 0 Å². The number of carbonyl (C=O) groups is 1. The lowest BCUT2D eigenvalue weighted by Gasteiger charge is -2.26. The Kier molecular flexibility index (Phi) is 4.39. The number of nitrogens with zero attached hydrogens (tertiary/aromatic N) is 1. The van der Waals surface area contributed by atoms with Crippen LogP contribution in [0.25, 0.3) is 0 Å². The number of amides is 2. The zero-order chi connectivity index (χ0) is 8.81. The molecule has 1 fully saturated rings. The summed E-state index contributed by atoms with van der Waals surface area (Å²) in [5, 5.41) is 3.58. The smallest absolute Gasteiger partial charge is 0.317 e. The van der Waals surface area contributed by atoms with Crippen LogP contribution in [0, 0.1) is 0 Å². The highest BCUT2D eigenvalue weighted by Gasteiger charge is 2.15. The van der Waals surface area contributed by atoms with E-state index in [1.54, 1.807) is 4.90 Å². The van der Waals surface area contributed by atoms with Gasteiger partial charge < -0.3 is 15.0 Å². The number of rotatable bonds is 2. The molecule has 1 aliphatic heterocycles. The molecule has 0 spiro atoms. The second kappa shape index (κ2) is 5.37. The van der Waals surface area contributed by atoms with Gasteiger partial charge in [0, 0.05) is 25.0 Å². The standard InChI is InChI=1S/C7H13BrN2O2/c8-1-2-9-7(11)10-3-5-12-6-4-10/h1-6H2,(H,9,11). The second-order valence-corrected chi connectivity index (χ2v) is 3.31.